The maximum Gasteiger partial charge on any atom is 0.223 e. The highest BCUT2D eigenvalue weighted by Crippen LogP contribution is 2.30. The highest BCUT2D eigenvalue weighted by molar-refractivity contribution is 5.79. The van der Waals surface area contributed by atoms with Crippen molar-refractivity contribution in [2.75, 3.05) is 6.54 Å². The Morgan fingerprint density at radius 2 is 1.97 bits per heavy atom. The number of fused-ring (bicyclic) bond motifs is 4. The molecule has 1 saturated carbocycles. The van der Waals surface area contributed by atoms with Crippen molar-refractivity contribution in [3.8, 4) is 11.3 Å². The number of carbonyl (C=O) groups is 1. The Morgan fingerprint density at radius 3 is 2.80 bits per heavy atom. The van der Waals surface area contributed by atoms with Gasteiger partial charge < -0.3 is 16.0 Å². The van der Waals surface area contributed by atoms with Crippen LogP contribution in [-0.4, -0.2) is 22.4 Å². The molecule has 1 fully saturated rings. The van der Waals surface area contributed by atoms with Gasteiger partial charge in [-0.1, -0.05) is 36.4 Å². The van der Waals surface area contributed by atoms with E-state index in [2.05, 4.69) is 46.7 Å². The van der Waals surface area contributed by atoms with E-state index in [-0.39, 0.29) is 17.9 Å². The van der Waals surface area contributed by atoms with Gasteiger partial charge in [0, 0.05) is 17.7 Å². The summed E-state index contributed by atoms with van der Waals surface area (Å²) < 4.78 is 0. The third kappa shape index (κ3) is 5.01. The van der Waals surface area contributed by atoms with Crippen LogP contribution in [0, 0.1) is 11.8 Å². The molecule has 5 nitrogen and oxygen atoms in total. The van der Waals surface area contributed by atoms with Crippen LogP contribution in [0.2, 0.25) is 0 Å². The van der Waals surface area contributed by atoms with Gasteiger partial charge in [-0.05, 0) is 75.8 Å². The molecule has 30 heavy (non-hydrogen) atoms. The van der Waals surface area contributed by atoms with Gasteiger partial charge in [-0.2, -0.15) is 0 Å². The Bertz CT molecular complexity index is 864. The number of H-pyrrole nitrogens is 1. The molecule has 2 aromatic rings. The molecule has 0 unspecified atom stereocenters. The van der Waals surface area contributed by atoms with Crippen LogP contribution >= 0.6 is 0 Å². The molecule has 5 heteroatoms. The fraction of sp³-hybridized carbons (Fsp3) is 0.520. The predicted molar refractivity (Wildman–Crippen MR) is 121 cm³/mol. The van der Waals surface area contributed by atoms with Crippen LogP contribution in [-0.2, 0) is 11.2 Å². The quantitative estimate of drug-likeness (QED) is 0.648. The van der Waals surface area contributed by atoms with E-state index in [4.69, 9.17) is 10.7 Å². The minimum Gasteiger partial charge on any atom is -0.346 e. The number of nitrogens with zero attached hydrogens (tertiary/aromatic N) is 1. The van der Waals surface area contributed by atoms with E-state index < -0.39 is 0 Å². The number of hydrogen-bond acceptors (Lipinski definition) is 3. The van der Waals surface area contributed by atoms with Gasteiger partial charge in [-0.15, -0.1) is 0 Å². The molecule has 2 aliphatic rings. The second-order valence-corrected chi connectivity index (χ2v) is 8.80. The van der Waals surface area contributed by atoms with E-state index in [1.165, 1.54) is 24.0 Å². The normalized spacial score (nSPS) is 25.8. The fourth-order valence-corrected chi connectivity index (χ4v) is 4.76. The first-order valence-electron chi connectivity index (χ1n) is 11.5. The zero-order valence-electron chi connectivity index (χ0n) is 17.8. The average Bonchev–Trinajstić information content (AvgIpc) is 3.27. The summed E-state index contributed by atoms with van der Waals surface area (Å²) in [5.41, 5.74) is 9.31. The lowest BCUT2D eigenvalue weighted by Gasteiger charge is -2.28. The zero-order chi connectivity index (χ0) is 20.8. The summed E-state index contributed by atoms with van der Waals surface area (Å²) in [4.78, 5) is 21.2. The number of allylic oxidation sites excluding steroid dienone is 1. The highest BCUT2D eigenvalue weighted by Gasteiger charge is 2.28. The van der Waals surface area contributed by atoms with Crippen molar-refractivity contribution >= 4 is 5.91 Å². The molecule has 0 radical (unpaired) electrons. The summed E-state index contributed by atoms with van der Waals surface area (Å²) in [6, 6.07) is 8.41. The lowest BCUT2D eigenvalue weighted by molar-refractivity contribution is -0.127. The summed E-state index contributed by atoms with van der Waals surface area (Å²) >= 11 is 0. The highest BCUT2D eigenvalue weighted by atomic mass is 16.1. The lowest BCUT2D eigenvalue weighted by Crippen LogP contribution is -2.36. The predicted octanol–water partition coefficient (Wildman–Crippen LogP) is 4.67. The van der Waals surface area contributed by atoms with Crippen LogP contribution in [0.25, 0.3) is 11.3 Å². The molecular weight excluding hydrogens is 372 g/mol. The average molecular weight is 407 g/mol. The van der Waals surface area contributed by atoms with E-state index in [1.807, 2.05) is 6.20 Å². The number of benzene rings is 1. The Kier molecular flexibility index (Phi) is 7.00. The number of nitrogens with one attached hydrogen (secondary N) is 2. The standard InChI is InChI=1S/C25H34N4O/c26-16-18-12-14-20(15-13-18)25(30)29-22-11-5-3-1-2-4-8-19-9-6-7-10-21(19)23-17-27-24(22)28-23/h3,5-7,9-10,17-18,20,22H,1-2,4,8,11-16,26H2,(H,27,28)(H,29,30)/b5-3+/t18-,20-,22-/m0/s1. The molecule has 0 saturated heterocycles. The fourth-order valence-electron chi connectivity index (χ4n) is 4.76. The Morgan fingerprint density at radius 1 is 1.13 bits per heavy atom. The molecule has 0 spiro atoms. The van der Waals surface area contributed by atoms with Crippen LogP contribution < -0.4 is 11.1 Å². The van der Waals surface area contributed by atoms with E-state index in [0.717, 1.165) is 63.0 Å². The third-order valence-electron chi connectivity index (χ3n) is 6.69. The number of aromatic amines is 1. The smallest absolute Gasteiger partial charge is 0.223 e. The molecule has 4 N–H and O–H groups in total. The first-order valence-corrected chi connectivity index (χ1v) is 11.5. The Hall–Kier alpha value is -2.40. The summed E-state index contributed by atoms with van der Waals surface area (Å²) in [5, 5.41) is 3.29. The van der Waals surface area contributed by atoms with Crippen molar-refractivity contribution in [3.63, 3.8) is 0 Å². The first-order chi connectivity index (χ1) is 14.7. The van der Waals surface area contributed by atoms with Gasteiger partial charge in [-0.3, -0.25) is 4.79 Å². The molecule has 4 rings (SSSR count). The number of nitrogens with two attached hydrogens (primary N) is 1. The molecule has 160 valence electrons. The van der Waals surface area contributed by atoms with Crippen LogP contribution in [0.15, 0.2) is 42.6 Å². The van der Waals surface area contributed by atoms with E-state index in [1.54, 1.807) is 0 Å². The number of hydrogen-bond donors (Lipinski definition) is 3. The monoisotopic (exact) mass is 406 g/mol. The van der Waals surface area contributed by atoms with E-state index in [0.29, 0.717) is 5.92 Å². The minimum absolute atomic E-state index is 0.0940. The summed E-state index contributed by atoms with van der Waals surface area (Å²) in [6.07, 6.45) is 15.7. The number of amides is 1. The van der Waals surface area contributed by atoms with E-state index in [9.17, 15) is 4.79 Å². The topological polar surface area (TPSA) is 83.8 Å². The van der Waals surface area contributed by atoms with Crippen LogP contribution in [0.1, 0.15) is 68.8 Å². The summed E-state index contributed by atoms with van der Waals surface area (Å²) in [6.45, 7) is 0.735. The third-order valence-corrected chi connectivity index (χ3v) is 6.69. The molecule has 1 aliphatic heterocycles. The number of aryl methyl sites for hydroxylation is 1. The Labute approximate surface area is 179 Å². The Balaban J connectivity index is 1.53. The van der Waals surface area contributed by atoms with Crippen molar-refractivity contribution in [2.45, 2.75) is 63.8 Å². The molecular formula is C25H34N4O. The van der Waals surface area contributed by atoms with Gasteiger partial charge in [0.15, 0.2) is 0 Å². The van der Waals surface area contributed by atoms with Gasteiger partial charge in [0.1, 0.15) is 5.82 Å². The molecule has 1 atom stereocenters. The zero-order valence-corrected chi connectivity index (χ0v) is 17.8. The van der Waals surface area contributed by atoms with Crippen LogP contribution in [0.4, 0.5) is 0 Å². The van der Waals surface area contributed by atoms with Crippen LogP contribution in [0.3, 0.4) is 0 Å². The molecule has 2 heterocycles. The summed E-state index contributed by atoms with van der Waals surface area (Å²) in [5.74, 6) is 1.67. The van der Waals surface area contributed by atoms with Gasteiger partial charge in [0.05, 0.1) is 11.7 Å². The molecule has 1 aliphatic carbocycles. The second kappa shape index (κ2) is 10.1. The molecule has 1 aromatic carbocycles. The maximum absolute atomic E-state index is 13.0. The second-order valence-electron chi connectivity index (χ2n) is 8.80. The van der Waals surface area contributed by atoms with Crippen LogP contribution in [0.5, 0.6) is 0 Å². The van der Waals surface area contributed by atoms with Crippen molar-refractivity contribution in [2.24, 2.45) is 17.6 Å². The van der Waals surface area contributed by atoms with Crippen molar-refractivity contribution < 1.29 is 4.79 Å². The first kappa shape index (κ1) is 20.9. The van der Waals surface area contributed by atoms with E-state index >= 15 is 0 Å². The number of carbonyl (C=O) groups excluding carboxylic acids is 1. The van der Waals surface area contributed by atoms with Crippen molar-refractivity contribution in [3.05, 3.63) is 54.0 Å². The maximum atomic E-state index is 13.0. The van der Waals surface area contributed by atoms with Gasteiger partial charge in [0.2, 0.25) is 5.91 Å². The molecule has 2 bridgehead atoms. The van der Waals surface area contributed by atoms with Gasteiger partial charge in [-0.25, -0.2) is 4.98 Å². The summed E-state index contributed by atoms with van der Waals surface area (Å²) in [7, 11) is 0. The number of imidazole rings is 1. The van der Waals surface area contributed by atoms with Gasteiger partial charge in [0.25, 0.3) is 0 Å². The van der Waals surface area contributed by atoms with Crippen molar-refractivity contribution in [1.29, 1.82) is 0 Å². The SMILES string of the molecule is NC[C@H]1CC[C@H](C(=O)N[C@H]2C/C=C/CCCCc3ccccc3-c3c[nH]c2n3)CC1. The largest absolute Gasteiger partial charge is 0.346 e. The minimum atomic E-state index is -0.123. The molecule has 1 aromatic heterocycles. The molecule has 1 amide bonds. The van der Waals surface area contributed by atoms with Gasteiger partial charge >= 0.3 is 0 Å². The lowest BCUT2D eigenvalue weighted by atomic mass is 9.81. The number of rotatable bonds is 3. The number of aromatic nitrogens is 2. The van der Waals surface area contributed by atoms with Crippen molar-refractivity contribution in [1.82, 2.24) is 15.3 Å².